The molecule has 2 amide bonds. The third-order valence-electron chi connectivity index (χ3n) is 3.75. The Bertz CT molecular complexity index is 746. The highest BCUT2D eigenvalue weighted by molar-refractivity contribution is 6.08. The van der Waals surface area contributed by atoms with E-state index >= 15 is 0 Å². The average Bonchev–Trinajstić information content (AvgIpc) is 2.57. The maximum absolute atomic E-state index is 12.8. The zero-order valence-electron chi connectivity index (χ0n) is 12.7. The molecule has 0 saturated heterocycles. The van der Waals surface area contributed by atoms with E-state index in [9.17, 15) is 9.59 Å². The number of benzene rings is 2. The molecule has 2 aromatic rings. The van der Waals surface area contributed by atoms with Crippen LogP contribution in [0.25, 0.3) is 0 Å². The summed E-state index contributed by atoms with van der Waals surface area (Å²) in [5, 5.41) is 3.22. The third kappa shape index (κ3) is 2.83. The van der Waals surface area contributed by atoms with Crippen LogP contribution in [0.2, 0.25) is 0 Å². The molecule has 3 rings (SSSR count). The maximum atomic E-state index is 12.8. The van der Waals surface area contributed by atoms with Crippen molar-refractivity contribution in [3.63, 3.8) is 0 Å². The average molecular weight is 311 g/mol. The minimum absolute atomic E-state index is 0.164. The first-order valence-electron chi connectivity index (χ1n) is 7.19. The summed E-state index contributed by atoms with van der Waals surface area (Å²) in [6.45, 7) is -0.164. The van der Waals surface area contributed by atoms with Gasteiger partial charge in [0.15, 0.2) is 0 Å². The standard InChI is InChI=1S/C17H17N3O3/c1-23-12-7-8-14-13(9-12)19-16(11-5-3-2-4-6-11)17(22)20(14)10-15(18)21/h2-9,16,19H,10H2,1H3,(H2,18,21). The van der Waals surface area contributed by atoms with Gasteiger partial charge in [-0.2, -0.15) is 0 Å². The Balaban J connectivity index is 2.06. The molecule has 2 aromatic carbocycles. The van der Waals surface area contributed by atoms with Crippen LogP contribution in [0.15, 0.2) is 48.5 Å². The number of hydrogen-bond donors (Lipinski definition) is 2. The molecule has 0 bridgehead atoms. The van der Waals surface area contributed by atoms with E-state index < -0.39 is 11.9 Å². The van der Waals surface area contributed by atoms with Crippen LogP contribution in [0, 0.1) is 0 Å². The molecular formula is C17H17N3O3. The van der Waals surface area contributed by atoms with Gasteiger partial charge in [0.25, 0.3) is 5.91 Å². The van der Waals surface area contributed by atoms with Crippen molar-refractivity contribution < 1.29 is 14.3 Å². The van der Waals surface area contributed by atoms with Crippen LogP contribution in [-0.4, -0.2) is 25.5 Å². The van der Waals surface area contributed by atoms with Gasteiger partial charge in [-0.3, -0.25) is 14.5 Å². The van der Waals surface area contributed by atoms with Crippen molar-refractivity contribution in [2.45, 2.75) is 6.04 Å². The Hall–Kier alpha value is -3.02. The first-order valence-corrected chi connectivity index (χ1v) is 7.19. The van der Waals surface area contributed by atoms with Crippen molar-refractivity contribution in [1.29, 1.82) is 0 Å². The van der Waals surface area contributed by atoms with Gasteiger partial charge in [-0.05, 0) is 17.7 Å². The number of nitrogens with zero attached hydrogens (tertiary/aromatic N) is 1. The van der Waals surface area contributed by atoms with Crippen LogP contribution in [-0.2, 0) is 9.59 Å². The SMILES string of the molecule is COc1ccc2c(c1)NC(c1ccccc1)C(=O)N2CC(N)=O. The number of hydrogen-bond acceptors (Lipinski definition) is 4. The third-order valence-corrected chi connectivity index (χ3v) is 3.75. The molecule has 0 spiro atoms. The zero-order chi connectivity index (χ0) is 16.4. The molecular weight excluding hydrogens is 294 g/mol. The largest absolute Gasteiger partial charge is 0.497 e. The van der Waals surface area contributed by atoms with Crippen molar-refractivity contribution in [3.8, 4) is 5.75 Å². The fraction of sp³-hybridized carbons (Fsp3) is 0.176. The molecule has 23 heavy (non-hydrogen) atoms. The topological polar surface area (TPSA) is 84.7 Å². The second-order valence-corrected chi connectivity index (χ2v) is 5.26. The highest BCUT2D eigenvalue weighted by Gasteiger charge is 2.34. The second kappa shape index (κ2) is 6.00. The normalized spacial score (nSPS) is 16.5. The van der Waals surface area contributed by atoms with Crippen molar-refractivity contribution in [3.05, 3.63) is 54.1 Å². The molecule has 1 atom stereocenters. The molecule has 6 heteroatoms. The van der Waals surface area contributed by atoms with Gasteiger partial charge < -0.3 is 15.8 Å². The van der Waals surface area contributed by atoms with E-state index in [2.05, 4.69) is 5.32 Å². The fourth-order valence-corrected chi connectivity index (χ4v) is 2.68. The van der Waals surface area contributed by atoms with E-state index in [1.165, 1.54) is 4.90 Å². The Morgan fingerprint density at radius 1 is 1.26 bits per heavy atom. The van der Waals surface area contributed by atoms with E-state index in [0.29, 0.717) is 11.4 Å². The quantitative estimate of drug-likeness (QED) is 0.899. The van der Waals surface area contributed by atoms with Gasteiger partial charge >= 0.3 is 0 Å². The predicted molar refractivity (Wildman–Crippen MR) is 87.3 cm³/mol. The number of nitrogens with one attached hydrogen (secondary N) is 1. The lowest BCUT2D eigenvalue weighted by Gasteiger charge is -2.35. The van der Waals surface area contributed by atoms with Gasteiger partial charge in [0.2, 0.25) is 5.91 Å². The number of fused-ring (bicyclic) bond motifs is 1. The summed E-state index contributed by atoms with van der Waals surface area (Å²) in [6, 6.07) is 14.0. The molecule has 0 saturated carbocycles. The van der Waals surface area contributed by atoms with Gasteiger partial charge in [-0.15, -0.1) is 0 Å². The van der Waals surface area contributed by atoms with Crippen LogP contribution in [0.4, 0.5) is 11.4 Å². The zero-order valence-corrected chi connectivity index (χ0v) is 12.7. The Morgan fingerprint density at radius 3 is 2.65 bits per heavy atom. The predicted octanol–water partition coefficient (Wildman–Crippen LogP) is 1.68. The van der Waals surface area contributed by atoms with Crippen LogP contribution >= 0.6 is 0 Å². The van der Waals surface area contributed by atoms with Gasteiger partial charge in [-0.1, -0.05) is 30.3 Å². The van der Waals surface area contributed by atoms with Gasteiger partial charge in [-0.25, -0.2) is 0 Å². The molecule has 6 nitrogen and oxygen atoms in total. The van der Waals surface area contributed by atoms with Crippen molar-refractivity contribution in [2.75, 3.05) is 23.9 Å². The lowest BCUT2D eigenvalue weighted by atomic mass is 10.0. The van der Waals surface area contributed by atoms with E-state index in [-0.39, 0.29) is 12.5 Å². The second-order valence-electron chi connectivity index (χ2n) is 5.26. The van der Waals surface area contributed by atoms with Crippen molar-refractivity contribution in [2.24, 2.45) is 5.73 Å². The Morgan fingerprint density at radius 2 is 2.00 bits per heavy atom. The summed E-state index contributed by atoms with van der Waals surface area (Å²) >= 11 is 0. The summed E-state index contributed by atoms with van der Waals surface area (Å²) in [5.74, 6) is -0.113. The minimum atomic E-state index is -0.574. The molecule has 118 valence electrons. The van der Waals surface area contributed by atoms with Crippen LogP contribution < -0.4 is 20.7 Å². The highest BCUT2D eigenvalue weighted by atomic mass is 16.5. The Kier molecular flexibility index (Phi) is 3.89. The Labute approximate surface area is 133 Å². The molecule has 1 unspecified atom stereocenters. The number of nitrogens with two attached hydrogens (primary N) is 1. The van der Waals surface area contributed by atoms with E-state index in [1.807, 2.05) is 30.3 Å². The van der Waals surface area contributed by atoms with E-state index in [0.717, 1.165) is 11.3 Å². The van der Waals surface area contributed by atoms with Crippen LogP contribution in [0.3, 0.4) is 0 Å². The number of primary amides is 1. The van der Waals surface area contributed by atoms with Crippen LogP contribution in [0.1, 0.15) is 11.6 Å². The number of amides is 2. The number of methoxy groups -OCH3 is 1. The smallest absolute Gasteiger partial charge is 0.254 e. The molecule has 0 radical (unpaired) electrons. The number of rotatable bonds is 4. The lowest BCUT2D eigenvalue weighted by Crippen LogP contribution is -2.46. The first kappa shape index (κ1) is 14.9. The van der Waals surface area contributed by atoms with E-state index in [4.69, 9.17) is 10.5 Å². The lowest BCUT2D eigenvalue weighted by molar-refractivity contribution is -0.123. The minimum Gasteiger partial charge on any atom is -0.497 e. The molecule has 3 N–H and O–H groups in total. The molecule has 1 aliphatic rings. The fourth-order valence-electron chi connectivity index (χ4n) is 2.68. The first-order chi connectivity index (χ1) is 11.1. The van der Waals surface area contributed by atoms with Crippen molar-refractivity contribution >= 4 is 23.2 Å². The monoisotopic (exact) mass is 311 g/mol. The van der Waals surface area contributed by atoms with Crippen LogP contribution in [0.5, 0.6) is 5.75 Å². The van der Waals surface area contributed by atoms with E-state index in [1.54, 1.807) is 25.3 Å². The van der Waals surface area contributed by atoms with Gasteiger partial charge in [0, 0.05) is 6.07 Å². The molecule has 0 aromatic heterocycles. The molecule has 0 aliphatic carbocycles. The van der Waals surface area contributed by atoms with Gasteiger partial charge in [0.1, 0.15) is 18.3 Å². The summed E-state index contributed by atoms with van der Waals surface area (Å²) in [6.07, 6.45) is 0. The number of anilines is 2. The number of carbonyl (C=O) groups excluding carboxylic acids is 2. The maximum Gasteiger partial charge on any atom is 0.254 e. The number of carbonyl (C=O) groups is 2. The number of ether oxygens (including phenoxy) is 1. The van der Waals surface area contributed by atoms with Crippen molar-refractivity contribution in [1.82, 2.24) is 0 Å². The molecule has 1 heterocycles. The molecule has 1 aliphatic heterocycles. The highest BCUT2D eigenvalue weighted by Crippen LogP contribution is 2.38. The molecule has 0 fully saturated rings. The summed E-state index contributed by atoms with van der Waals surface area (Å²) in [4.78, 5) is 25.6. The van der Waals surface area contributed by atoms with Gasteiger partial charge in [0.05, 0.1) is 18.5 Å². The summed E-state index contributed by atoms with van der Waals surface area (Å²) in [7, 11) is 1.57. The summed E-state index contributed by atoms with van der Waals surface area (Å²) < 4.78 is 5.23. The summed E-state index contributed by atoms with van der Waals surface area (Å²) in [5.41, 5.74) is 7.46.